The molecule has 268 valence electrons. The molecule has 7 aromatic carbocycles. The summed E-state index contributed by atoms with van der Waals surface area (Å²) in [4.78, 5) is 26.0. The minimum absolute atomic E-state index is 0.806. The smallest absolute Gasteiger partial charge is 0.0978 e. The van der Waals surface area contributed by atoms with E-state index in [1.807, 2.05) is 12.1 Å². The number of pyridine rings is 5. The molecule has 0 fully saturated rings. The van der Waals surface area contributed by atoms with Gasteiger partial charge in [0.2, 0.25) is 0 Å². The predicted octanol–water partition coefficient (Wildman–Crippen LogP) is 13.4. The van der Waals surface area contributed by atoms with E-state index in [0.29, 0.717) is 0 Å². The molecule has 5 aromatic heterocycles. The van der Waals surface area contributed by atoms with Crippen molar-refractivity contribution in [2.75, 3.05) is 0 Å². The number of rotatable bonds is 4. The molecule has 12 rings (SSSR count). The van der Waals surface area contributed by atoms with Crippen LogP contribution >= 0.6 is 0 Å². The average Bonchev–Trinajstić information content (AvgIpc) is 3.29. The fourth-order valence-electron chi connectivity index (χ4n) is 8.64. The molecular weight excluding hydrogens is 707 g/mol. The van der Waals surface area contributed by atoms with Crippen LogP contribution in [0.2, 0.25) is 0 Å². The van der Waals surface area contributed by atoms with Crippen molar-refractivity contribution in [2.45, 2.75) is 0 Å². The molecule has 0 N–H and O–H groups in total. The van der Waals surface area contributed by atoms with Gasteiger partial charge in [-0.15, -0.1) is 0 Å². The number of para-hydroxylation sites is 2. The van der Waals surface area contributed by atoms with Gasteiger partial charge in [-0.1, -0.05) is 146 Å². The van der Waals surface area contributed by atoms with Crippen molar-refractivity contribution in [3.8, 4) is 44.9 Å². The molecular formula is C53H31N5. The number of benzene rings is 7. The molecule has 5 heterocycles. The molecule has 0 aliphatic carbocycles. The third-order valence-corrected chi connectivity index (χ3v) is 11.4. The normalized spacial score (nSPS) is 11.8. The van der Waals surface area contributed by atoms with E-state index < -0.39 is 0 Å². The highest BCUT2D eigenvalue weighted by Crippen LogP contribution is 2.39. The molecule has 0 atom stereocenters. The number of hydrogen-bond donors (Lipinski definition) is 0. The first kappa shape index (κ1) is 32.4. The van der Waals surface area contributed by atoms with E-state index in [0.717, 1.165) is 110 Å². The molecule has 5 heteroatoms. The van der Waals surface area contributed by atoms with Crippen molar-refractivity contribution in [2.24, 2.45) is 0 Å². The Bertz CT molecular complexity index is 3380. The summed E-state index contributed by atoms with van der Waals surface area (Å²) >= 11 is 0. The topological polar surface area (TPSA) is 64.5 Å². The van der Waals surface area contributed by atoms with E-state index in [1.54, 1.807) is 0 Å². The van der Waals surface area contributed by atoms with Crippen molar-refractivity contribution in [1.29, 1.82) is 0 Å². The number of fused-ring (bicyclic) bond motifs is 9. The second-order valence-corrected chi connectivity index (χ2v) is 14.8. The Labute approximate surface area is 333 Å². The summed E-state index contributed by atoms with van der Waals surface area (Å²) in [5, 5.41) is 7.56. The van der Waals surface area contributed by atoms with Crippen LogP contribution in [-0.2, 0) is 0 Å². The van der Waals surface area contributed by atoms with Gasteiger partial charge in [-0.25, -0.2) is 24.9 Å². The Morgan fingerprint density at radius 3 is 1.29 bits per heavy atom. The summed E-state index contributed by atoms with van der Waals surface area (Å²) in [6.45, 7) is 0. The molecule has 12 aromatic rings. The predicted molar refractivity (Wildman–Crippen MR) is 240 cm³/mol. The second-order valence-electron chi connectivity index (χ2n) is 14.8. The highest BCUT2D eigenvalue weighted by Gasteiger charge is 2.17. The SMILES string of the molecule is c1ccc(-c2c3ccccc3nc3c2ccc2ccc(-c4ccc5nc(-c6ccc7ccc8c(-c9ccccc9)c9ccccc9nc8c7n6)ccc5c4)nc23)cc1. The first-order valence-electron chi connectivity index (χ1n) is 19.5. The van der Waals surface area contributed by atoms with Crippen LogP contribution < -0.4 is 0 Å². The molecule has 5 nitrogen and oxygen atoms in total. The van der Waals surface area contributed by atoms with Gasteiger partial charge in [-0.05, 0) is 53.6 Å². The van der Waals surface area contributed by atoms with Gasteiger partial charge in [0.15, 0.2) is 0 Å². The van der Waals surface area contributed by atoms with Crippen LogP contribution in [-0.4, -0.2) is 24.9 Å². The van der Waals surface area contributed by atoms with Crippen LogP contribution in [0.25, 0.3) is 121 Å². The molecule has 0 aliphatic heterocycles. The number of hydrogen-bond acceptors (Lipinski definition) is 5. The van der Waals surface area contributed by atoms with Crippen LogP contribution in [0.1, 0.15) is 0 Å². The van der Waals surface area contributed by atoms with Crippen molar-refractivity contribution in [3.63, 3.8) is 0 Å². The minimum Gasteiger partial charge on any atom is -0.246 e. The summed E-state index contributed by atoms with van der Waals surface area (Å²) in [5.74, 6) is 0. The number of nitrogens with zero attached hydrogens (tertiary/aromatic N) is 5. The summed E-state index contributed by atoms with van der Waals surface area (Å²) in [7, 11) is 0. The van der Waals surface area contributed by atoms with Gasteiger partial charge in [0.1, 0.15) is 0 Å². The fraction of sp³-hybridized carbons (Fsp3) is 0. The average molecular weight is 738 g/mol. The highest BCUT2D eigenvalue weighted by atomic mass is 14.8. The Morgan fingerprint density at radius 1 is 0.241 bits per heavy atom. The number of aromatic nitrogens is 5. The highest BCUT2D eigenvalue weighted by molar-refractivity contribution is 6.17. The first-order chi connectivity index (χ1) is 28.7. The zero-order valence-electron chi connectivity index (χ0n) is 31.1. The largest absolute Gasteiger partial charge is 0.246 e. The first-order valence-corrected chi connectivity index (χ1v) is 19.5. The lowest BCUT2D eigenvalue weighted by Gasteiger charge is -2.13. The van der Waals surface area contributed by atoms with Crippen molar-refractivity contribution in [1.82, 2.24) is 24.9 Å². The maximum absolute atomic E-state index is 5.29. The molecule has 0 unspecified atom stereocenters. The molecule has 0 bridgehead atoms. The van der Waals surface area contributed by atoms with Crippen molar-refractivity contribution >= 4 is 76.3 Å². The van der Waals surface area contributed by atoms with Gasteiger partial charge in [-0.3, -0.25) is 0 Å². The maximum Gasteiger partial charge on any atom is 0.0978 e. The fourth-order valence-corrected chi connectivity index (χ4v) is 8.64. The minimum atomic E-state index is 0.806. The van der Waals surface area contributed by atoms with Gasteiger partial charge < -0.3 is 0 Å². The van der Waals surface area contributed by atoms with Crippen LogP contribution in [0.15, 0.2) is 188 Å². The van der Waals surface area contributed by atoms with Crippen LogP contribution in [0, 0.1) is 0 Å². The monoisotopic (exact) mass is 737 g/mol. The van der Waals surface area contributed by atoms with E-state index in [9.17, 15) is 0 Å². The molecule has 0 amide bonds. The van der Waals surface area contributed by atoms with E-state index in [1.165, 1.54) is 11.1 Å². The summed E-state index contributed by atoms with van der Waals surface area (Å²) in [6, 6.07) is 65.5. The quantitative estimate of drug-likeness (QED) is 0.133. The van der Waals surface area contributed by atoms with E-state index >= 15 is 0 Å². The molecule has 0 spiro atoms. The summed E-state index contributed by atoms with van der Waals surface area (Å²) in [6.07, 6.45) is 0. The molecule has 58 heavy (non-hydrogen) atoms. The van der Waals surface area contributed by atoms with Gasteiger partial charge >= 0.3 is 0 Å². The van der Waals surface area contributed by atoms with E-state index in [4.69, 9.17) is 24.9 Å². The lowest BCUT2D eigenvalue weighted by Crippen LogP contribution is -1.94. The second kappa shape index (κ2) is 12.8. The van der Waals surface area contributed by atoms with Crippen LogP contribution in [0.5, 0.6) is 0 Å². The van der Waals surface area contributed by atoms with Gasteiger partial charge in [0.25, 0.3) is 0 Å². The van der Waals surface area contributed by atoms with Crippen molar-refractivity contribution in [3.05, 3.63) is 188 Å². The maximum atomic E-state index is 5.29. The third kappa shape index (κ3) is 5.14. The molecule has 0 saturated heterocycles. The van der Waals surface area contributed by atoms with E-state index in [2.05, 4.69) is 176 Å². The Balaban J connectivity index is 0.961. The standard InChI is InChI=1S/C53H31N5/c1-3-11-32(12-4-1)48-38-15-7-9-17-44(38)56-52-40(48)25-19-34-21-27-43(55-50(34)52)37-23-28-42-36(31-37)24-30-46(54-42)47-29-22-35-20-26-41-49(33-13-5-2-6-14-33)39-16-8-10-18-45(39)57-53(41)51(35)58-47/h1-31H. The zero-order chi connectivity index (χ0) is 38.2. The molecule has 0 aliphatic rings. The zero-order valence-corrected chi connectivity index (χ0v) is 31.1. The Hall–Kier alpha value is -7.89. The van der Waals surface area contributed by atoms with Crippen LogP contribution in [0.4, 0.5) is 0 Å². The molecule has 0 saturated carbocycles. The Kier molecular flexibility index (Phi) is 7.16. The van der Waals surface area contributed by atoms with Crippen molar-refractivity contribution < 1.29 is 0 Å². The van der Waals surface area contributed by atoms with Crippen LogP contribution in [0.3, 0.4) is 0 Å². The lowest BCUT2D eigenvalue weighted by atomic mass is 9.95. The Morgan fingerprint density at radius 2 is 0.707 bits per heavy atom. The van der Waals surface area contributed by atoms with E-state index in [-0.39, 0.29) is 0 Å². The third-order valence-electron chi connectivity index (χ3n) is 11.4. The summed E-state index contributed by atoms with van der Waals surface area (Å²) in [5.41, 5.74) is 14.5. The van der Waals surface area contributed by atoms with Gasteiger partial charge in [0.05, 0.1) is 55.7 Å². The van der Waals surface area contributed by atoms with Gasteiger partial charge in [0, 0.05) is 54.4 Å². The summed E-state index contributed by atoms with van der Waals surface area (Å²) < 4.78 is 0. The lowest BCUT2D eigenvalue weighted by molar-refractivity contribution is 1.32. The molecule has 0 radical (unpaired) electrons. The van der Waals surface area contributed by atoms with Gasteiger partial charge in [-0.2, -0.15) is 0 Å².